The molecule has 1 fully saturated rings. The molecule has 0 aliphatic carbocycles. The van der Waals surface area contributed by atoms with Crippen LogP contribution in [0.2, 0.25) is 0 Å². The molecule has 2 aliphatic rings. The molecule has 0 spiro atoms. The van der Waals surface area contributed by atoms with Crippen LogP contribution >= 0.6 is 0 Å². The van der Waals surface area contributed by atoms with E-state index in [0.29, 0.717) is 49.0 Å². The fourth-order valence-corrected chi connectivity index (χ4v) is 4.01. The lowest BCUT2D eigenvalue weighted by Crippen LogP contribution is -2.26. The Balaban J connectivity index is 1.55. The van der Waals surface area contributed by atoms with Gasteiger partial charge in [0.05, 0.1) is 29.6 Å². The minimum Gasteiger partial charge on any atom is -0.491 e. The average molecular weight is 421 g/mol. The third-order valence-electron chi connectivity index (χ3n) is 5.80. The first kappa shape index (κ1) is 19.3. The predicted molar refractivity (Wildman–Crippen MR) is 113 cm³/mol. The summed E-state index contributed by atoms with van der Waals surface area (Å²) in [6.07, 6.45) is 1.95. The van der Waals surface area contributed by atoms with E-state index in [1.807, 2.05) is 30.7 Å². The molecule has 4 heterocycles. The van der Waals surface area contributed by atoms with E-state index < -0.39 is 0 Å². The first-order valence-corrected chi connectivity index (χ1v) is 10.3. The van der Waals surface area contributed by atoms with Crippen molar-refractivity contribution in [3.05, 3.63) is 36.2 Å². The molecule has 3 aromatic rings. The summed E-state index contributed by atoms with van der Waals surface area (Å²) in [4.78, 5) is 33.3. The van der Waals surface area contributed by atoms with Crippen LogP contribution < -0.4 is 20.1 Å². The Hall–Kier alpha value is -3.62. The van der Waals surface area contributed by atoms with E-state index in [4.69, 9.17) is 14.5 Å². The van der Waals surface area contributed by atoms with Gasteiger partial charge in [0.25, 0.3) is 5.91 Å². The van der Waals surface area contributed by atoms with Crippen molar-refractivity contribution in [3.8, 4) is 22.9 Å². The Bertz CT molecular complexity index is 1190. The molecule has 2 atom stereocenters. The van der Waals surface area contributed by atoms with Crippen LogP contribution in [0, 0.1) is 5.92 Å². The number of aromatic nitrogens is 3. The second-order valence-electron chi connectivity index (χ2n) is 7.94. The maximum Gasteiger partial charge on any atom is 0.255 e. The summed E-state index contributed by atoms with van der Waals surface area (Å²) >= 11 is 0. The predicted octanol–water partition coefficient (Wildman–Crippen LogP) is 1.66. The largest absolute Gasteiger partial charge is 0.491 e. The van der Waals surface area contributed by atoms with Crippen molar-refractivity contribution in [1.82, 2.24) is 25.2 Å². The molecule has 2 aromatic heterocycles. The second-order valence-corrected chi connectivity index (χ2v) is 7.94. The number of amides is 2. The van der Waals surface area contributed by atoms with Crippen LogP contribution in [0.1, 0.15) is 23.7 Å². The van der Waals surface area contributed by atoms with E-state index >= 15 is 0 Å². The average Bonchev–Trinajstić information content (AvgIpc) is 3.31. The van der Waals surface area contributed by atoms with Crippen molar-refractivity contribution in [2.45, 2.75) is 19.4 Å². The molecule has 2 amide bonds. The van der Waals surface area contributed by atoms with Gasteiger partial charge in [0, 0.05) is 31.5 Å². The van der Waals surface area contributed by atoms with Crippen LogP contribution in [0.25, 0.3) is 22.3 Å². The van der Waals surface area contributed by atoms with Gasteiger partial charge in [-0.05, 0) is 31.2 Å². The number of rotatable bonds is 4. The van der Waals surface area contributed by atoms with Crippen molar-refractivity contribution in [2.75, 3.05) is 19.7 Å². The van der Waals surface area contributed by atoms with E-state index in [0.717, 1.165) is 16.6 Å². The van der Waals surface area contributed by atoms with Crippen LogP contribution in [0.5, 0.6) is 11.6 Å². The maximum absolute atomic E-state index is 12.4. The minimum absolute atomic E-state index is 0.0401. The number of pyridine rings is 1. The van der Waals surface area contributed by atoms with E-state index in [-0.39, 0.29) is 23.8 Å². The van der Waals surface area contributed by atoms with Crippen LogP contribution in [0.3, 0.4) is 0 Å². The monoisotopic (exact) mass is 421 g/mol. The Morgan fingerprint density at radius 3 is 2.94 bits per heavy atom. The lowest BCUT2D eigenvalue weighted by atomic mass is 10.0. The number of imidazole rings is 1. The first-order valence-electron chi connectivity index (χ1n) is 10.3. The summed E-state index contributed by atoms with van der Waals surface area (Å²) < 4.78 is 13.8. The van der Waals surface area contributed by atoms with E-state index in [1.54, 1.807) is 18.5 Å². The summed E-state index contributed by atoms with van der Waals surface area (Å²) in [5, 5.41) is 5.68. The molecule has 5 rings (SSSR count). The highest BCUT2D eigenvalue weighted by Crippen LogP contribution is 2.32. The first-order chi connectivity index (χ1) is 15.0. The van der Waals surface area contributed by atoms with Gasteiger partial charge in [0.2, 0.25) is 11.8 Å². The highest BCUT2D eigenvalue weighted by Gasteiger charge is 2.29. The topological polar surface area (TPSA) is 107 Å². The summed E-state index contributed by atoms with van der Waals surface area (Å²) in [5.41, 5.74) is 3.41. The van der Waals surface area contributed by atoms with Crippen molar-refractivity contribution in [2.24, 2.45) is 13.0 Å². The highest BCUT2D eigenvalue weighted by molar-refractivity contribution is 5.98. The van der Waals surface area contributed by atoms with Gasteiger partial charge in [0.15, 0.2) is 0 Å². The van der Waals surface area contributed by atoms with Crippen molar-refractivity contribution in [1.29, 1.82) is 0 Å². The number of ether oxygens (including phenoxy) is 2. The molecule has 0 radical (unpaired) electrons. The number of nitrogens with zero attached hydrogens (tertiary/aromatic N) is 3. The molecule has 9 heteroatoms. The van der Waals surface area contributed by atoms with Gasteiger partial charge in [-0.2, -0.15) is 0 Å². The maximum atomic E-state index is 12.4. The summed E-state index contributed by atoms with van der Waals surface area (Å²) in [5.74, 6) is 0.959. The van der Waals surface area contributed by atoms with Crippen LogP contribution in [0.4, 0.5) is 0 Å². The van der Waals surface area contributed by atoms with Crippen LogP contribution in [-0.4, -0.2) is 52.1 Å². The molecule has 1 aromatic carbocycles. The van der Waals surface area contributed by atoms with Crippen LogP contribution in [0.15, 0.2) is 30.6 Å². The summed E-state index contributed by atoms with van der Waals surface area (Å²) in [6.45, 7) is 3.44. The Morgan fingerprint density at radius 2 is 2.13 bits per heavy atom. The Kier molecular flexibility index (Phi) is 4.72. The van der Waals surface area contributed by atoms with E-state index in [1.165, 1.54) is 0 Å². The zero-order chi connectivity index (χ0) is 21.5. The van der Waals surface area contributed by atoms with Crippen molar-refractivity contribution < 1.29 is 19.1 Å². The van der Waals surface area contributed by atoms with Gasteiger partial charge < -0.3 is 24.7 Å². The molecule has 31 heavy (non-hydrogen) atoms. The lowest BCUT2D eigenvalue weighted by molar-refractivity contribution is -0.119. The minimum atomic E-state index is -0.203. The molecule has 0 unspecified atom stereocenters. The zero-order valence-corrected chi connectivity index (χ0v) is 17.3. The fourth-order valence-electron chi connectivity index (χ4n) is 4.01. The van der Waals surface area contributed by atoms with E-state index in [2.05, 4.69) is 15.6 Å². The molecule has 1 saturated heterocycles. The van der Waals surface area contributed by atoms with Gasteiger partial charge in [-0.3, -0.25) is 9.59 Å². The number of carbonyl (C=O) groups is 2. The molecule has 9 nitrogen and oxygen atoms in total. The normalized spacial score (nSPS) is 19.2. The molecular weight excluding hydrogens is 398 g/mol. The van der Waals surface area contributed by atoms with Gasteiger partial charge in [-0.15, -0.1) is 0 Å². The van der Waals surface area contributed by atoms with Crippen molar-refractivity contribution in [3.63, 3.8) is 0 Å². The molecule has 160 valence electrons. The summed E-state index contributed by atoms with van der Waals surface area (Å²) in [7, 11) is 1.89. The zero-order valence-electron chi connectivity index (χ0n) is 17.3. The Labute approximate surface area is 178 Å². The third-order valence-corrected chi connectivity index (χ3v) is 5.80. The molecule has 0 saturated carbocycles. The number of nitrogens with one attached hydrogen (secondary N) is 2. The number of fused-ring (bicyclic) bond motifs is 2. The molecular formula is C22H23N5O4. The molecule has 2 aliphatic heterocycles. The molecule has 2 N–H and O–H groups in total. The molecule has 0 bridgehead atoms. The number of carbonyl (C=O) groups excluding carboxylic acids is 2. The van der Waals surface area contributed by atoms with Gasteiger partial charge in [0.1, 0.15) is 24.0 Å². The highest BCUT2D eigenvalue weighted by atomic mass is 16.5. The van der Waals surface area contributed by atoms with Gasteiger partial charge in [-0.25, -0.2) is 9.97 Å². The quantitative estimate of drug-likeness (QED) is 0.664. The SMILES string of the molecule is C[C@@H](Oc1nc(-c2ccc3c(c2)C(=O)NCCO3)cc2ncn(C)c12)[C@H]1CNC(=O)C1. The smallest absolute Gasteiger partial charge is 0.255 e. The lowest BCUT2D eigenvalue weighted by Gasteiger charge is -2.20. The number of aryl methyl sites for hydroxylation is 1. The van der Waals surface area contributed by atoms with Gasteiger partial charge >= 0.3 is 0 Å². The standard InChI is InChI=1S/C22H23N5O4/c1-12(14-8-19(28)24-10-14)31-22-20-17(25-11-27(20)2)9-16(26-22)13-3-4-18-15(7-13)21(29)23-5-6-30-18/h3-4,7,9,11-12,14H,5-6,8,10H2,1-2H3,(H,23,29)(H,24,28)/t12-,14-/m1/s1. The third kappa shape index (κ3) is 3.56. The van der Waals surface area contributed by atoms with Crippen LogP contribution in [-0.2, 0) is 11.8 Å². The second kappa shape index (κ2) is 7.57. The number of benzene rings is 1. The van der Waals surface area contributed by atoms with E-state index in [9.17, 15) is 9.59 Å². The summed E-state index contributed by atoms with van der Waals surface area (Å²) in [6, 6.07) is 7.32. The van der Waals surface area contributed by atoms with Gasteiger partial charge in [-0.1, -0.05) is 0 Å². The fraction of sp³-hybridized carbons (Fsp3) is 0.364. The van der Waals surface area contributed by atoms with Crippen molar-refractivity contribution >= 4 is 22.8 Å². The Morgan fingerprint density at radius 1 is 1.26 bits per heavy atom. The number of hydrogen-bond donors (Lipinski definition) is 2. The number of hydrogen-bond acceptors (Lipinski definition) is 6.